The maximum atomic E-state index is 10.8. The lowest BCUT2D eigenvalue weighted by Crippen LogP contribution is -2.21. The minimum atomic E-state index is -0.548. The molecule has 1 saturated carbocycles. The second-order valence-corrected chi connectivity index (χ2v) is 6.13. The van der Waals surface area contributed by atoms with Gasteiger partial charge in [-0.2, -0.15) is 0 Å². The minimum absolute atomic E-state index is 0.0131. The van der Waals surface area contributed by atoms with Crippen LogP contribution in [0.25, 0.3) is 0 Å². The average molecular weight is 306 g/mol. The van der Waals surface area contributed by atoms with Crippen LogP contribution in [0.15, 0.2) is 24.0 Å². The lowest BCUT2D eigenvalue weighted by atomic mass is 9.87. The molecule has 0 saturated heterocycles. The van der Waals surface area contributed by atoms with Crippen molar-refractivity contribution in [3.05, 3.63) is 24.0 Å². The molecule has 1 rings (SSSR count). The van der Waals surface area contributed by atoms with Gasteiger partial charge in [-0.3, -0.25) is 0 Å². The van der Waals surface area contributed by atoms with Crippen LogP contribution in [-0.2, 0) is 4.79 Å². The number of Topliss-reactive ketones (excluding diaryl/α,β-unsaturated/α-hetero) is 1. The molecule has 0 spiro atoms. The second kappa shape index (κ2) is 9.85. The van der Waals surface area contributed by atoms with E-state index in [1.54, 1.807) is 13.0 Å². The van der Waals surface area contributed by atoms with Crippen LogP contribution in [0.1, 0.15) is 45.4 Å². The van der Waals surface area contributed by atoms with Crippen LogP contribution in [-0.4, -0.2) is 41.2 Å². The molecule has 22 heavy (non-hydrogen) atoms. The third-order valence-electron chi connectivity index (χ3n) is 4.33. The summed E-state index contributed by atoms with van der Waals surface area (Å²) in [6.07, 6.45) is 8.60. The Morgan fingerprint density at radius 1 is 1.18 bits per heavy atom. The lowest BCUT2D eigenvalue weighted by molar-refractivity contribution is -0.117. The fraction of sp³-hybridized carbons (Fsp3) is 0.706. The van der Waals surface area contributed by atoms with Gasteiger partial charge in [0, 0.05) is 6.42 Å². The Bertz CT molecular complexity index is 405. The van der Waals surface area contributed by atoms with Crippen molar-refractivity contribution in [1.29, 1.82) is 0 Å². The second-order valence-electron chi connectivity index (χ2n) is 6.13. The standard InChI is InChI=1S/C17H27BO4/c1-12(19)6-4-2-3-5-7-14-15(9-8-13(20)11-18)17(22)10-16(14)21/h3,5,8,14-17,20-22H,2,4,6-7,9-11H2,1H3/t14-,15-,16?,17-/m1/s1. The largest absolute Gasteiger partial charge is 0.513 e. The highest BCUT2D eigenvalue weighted by Gasteiger charge is 2.40. The Morgan fingerprint density at radius 3 is 2.41 bits per heavy atom. The number of ketones is 1. The lowest BCUT2D eigenvalue weighted by Gasteiger charge is -2.21. The normalized spacial score (nSPS) is 29.3. The van der Waals surface area contributed by atoms with E-state index in [2.05, 4.69) is 0 Å². The monoisotopic (exact) mass is 306 g/mol. The molecule has 0 aromatic carbocycles. The fourth-order valence-corrected chi connectivity index (χ4v) is 3.03. The number of aliphatic hydroxyl groups excluding tert-OH is 3. The van der Waals surface area contributed by atoms with Crippen LogP contribution in [0.4, 0.5) is 0 Å². The molecule has 0 bridgehead atoms. The predicted molar refractivity (Wildman–Crippen MR) is 87.8 cm³/mol. The van der Waals surface area contributed by atoms with Crippen molar-refractivity contribution in [3.63, 3.8) is 0 Å². The Balaban J connectivity index is 2.47. The molecular weight excluding hydrogens is 279 g/mol. The number of allylic oxidation sites excluding steroid dienone is 4. The van der Waals surface area contributed by atoms with Gasteiger partial charge >= 0.3 is 0 Å². The summed E-state index contributed by atoms with van der Waals surface area (Å²) in [5.41, 5.74) is 0. The number of hydrogen-bond donors (Lipinski definition) is 3. The molecule has 1 fully saturated rings. The Morgan fingerprint density at radius 2 is 1.82 bits per heavy atom. The van der Waals surface area contributed by atoms with E-state index in [1.807, 2.05) is 12.2 Å². The van der Waals surface area contributed by atoms with Crippen molar-refractivity contribution in [2.24, 2.45) is 11.8 Å². The molecule has 0 aliphatic heterocycles. The third-order valence-corrected chi connectivity index (χ3v) is 4.33. The van der Waals surface area contributed by atoms with Gasteiger partial charge < -0.3 is 20.1 Å². The van der Waals surface area contributed by atoms with E-state index in [0.29, 0.717) is 25.7 Å². The van der Waals surface area contributed by atoms with E-state index in [4.69, 9.17) is 7.85 Å². The van der Waals surface area contributed by atoms with Gasteiger partial charge in [0.1, 0.15) is 5.78 Å². The molecule has 2 radical (unpaired) electrons. The number of carbonyl (C=O) groups excluding carboxylic acids is 1. The first-order chi connectivity index (χ1) is 10.5. The molecule has 1 unspecified atom stereocenters. The SMILES string of the molecule is [B]CC(O)=CC[C@H]1[C@H](O)CC(O)[C@@H]1CC=CCCCC(C)=O. The van der Waals surface area contributed by atoms with Gasteiger partial charge in [-0.05, 0) is 63.3 Å². The van der Waals surface area contributed by atoms with Crippen molar-refractivity contribution in [2.75, 3.05) is 0 Å². The van der Waals surface area contributed by atoms with E-state index in [-0.39, 0.29) is 29.7 Å². The van der Waals surface area contributed by atoms with E-state index in [0.717, 1.165) is 12.8 Å². The quantitative estimate of drug-likeness (QED) is 0.265. The zero-order valence-electron chi connectivity index (χ0n) is 13.3. The number of hydrogen-bond acceptors (Lipinski definition) is 4. The molecule has 5 heteroatoms. The number of rotatable bonds is 9. The first-order valence-corrected chi connectivity index (χ1v) is 8.04. The number of unbranched alkanes of at least 4 members (excludes halogenated alkanes) is 1. The van der Waals surface area contributed by atoms with E-state index in [1.165, 1.54) is 0 Å². The Hall–Kier alpha value is -1.07. The molecular formula is C17H27BO4. The van der Waals surface area contributed by atoms with Gasteiger partial charge in [0.05, 0.1) is 25.8 Å². The highest BCUT2D eigenvalue weighted by atomic mass is 16.3. The molecule has 4 atom stereocenters. The topological polar surface area (TPSA) is 77.8 Å². The van der Waals surface area contributed by atoms with Crippen LogP contribution >= 0.6 is 0 Å². The first-order valence-electron chi connectivity index (χ1n) is 8.04. The van der Waals surface area contributed by atoms with Gasteiger partial charge in [-0.1, -0.05) is 12.2 Å². The molecule has 0 amide bonds. The van der Waals surface area contributed by atoms with Gasteiger partial charge in [-0.15, -0.1) is 0 Å². The summed E-state index contributed by atoms with van der Waals surface area (Å²) in [6.45, 7) is 1.59. The van der Waals surface area contributed by atoms with Gasteiger partial charge in [0.2, 0.25) is 0 Å². The number of carbonyl (C=O) groups is 1. The first kappa shape index (κ1) is 19.0. The van der Waals surface area contributed by atoms with E-state index in [9.17, 15) is 20.1 Å². The van der Waals surface area contributed by atoms with Gasteiger partial charge in [0.25, 0.3) is 0 Å². The van der Waals surface area contributed by atoms with Crippen molar-refractivity contribution < 1.29 is 20.1 Å². The van der Waals surface area contributed by atoms with Crippen molar-refractivity contribution in [1.82, 2.24) is 0 Å². The highest BCUT2D eigenvalue weighted by molar-refractivity contribution is 6.09. The van der Waals surface area contributed by atoms with Crippen molar-refractivity contribution in [3.8, 4) is 0 Å². The maximum absolute atomic E-state index is 10.8. The highest BCUT2D eigenvalue weighted by Crippen LogP contribution is 2.37. The molecule has 0 heterocycles. The van der Waals surface area contributed by atoms with Gasteiger partial charge in [0.15, 0.2) is 0 Å². The molecule has 0 aromatic rings. The summed E-state index contributed by atoms with van der Waals surface area (Å²) >= 11 is 0. The zero-order chi connectivity index (χ0) is 16.5. The molecule has 1 aliphatic carbocycles. The Kier molecular flexibility index (Phi) is 8.50. The van der Waals surface area contributed by atoms with Crippen LogP contribution < -0.4 is 0 Å². The van der Waals surface area contributed by atoms with Crippen LogP contribution in [0.5, 0.6) is 0 Å². The Labute approximate surface area is 134 Å². The summed E-state index contributed by atoms with van der Waals surface area (Å²) in [5, 5.41) is 29.6. The van der Waals surface area contributed by atoms with Crippen molar-refractivity contribution in [2.45, 2.75) is 64.0 Å². The molecule has 122 valence electrons. The summed E-state index contributed by atoms with van der Waals surface area (Å²) in [6, 6.07) is 0. The predicted octanol–water partition coefficient (Wildman–Crippen LogP) is 2.47. The smallest absolute Gasteiger partial charge is 0.129 e. The minimum Gasteiger partial charge on any atom is -0.513 e. The van der Waals surface area contributed by atoms with Crippen LogP contribution in [0.2, 0.25) is 6.32 Å². The average Bonchev–Trinajstić information content (AvgIpc) is 2.73. The van der Waals surface area contributed by atoms with Crippen molar-refractivity contribution >= 4 is 13.6 Å². The fourth-order valence-electron chi connectivity index (χ4n) is 3.03. The van der Waals surface area contributed by atoms with Gasteiger partial charge in [-0.25, -0.2) is 0 Å². The zero-order valence-corrected chi connectivity index (χ0v) is 13.3. The molecule has 3 N–H and O–H groups in total. The third kappa shape index (κ3) is 6.36. The summed E-state index contributed by atoms with van der Waals surface area (Å²) in [5.74, 6) is 0.243. The molecule has 1 aliphatic rings. The molecule has 4 nitrogen and oxygen atoms in total. The van der Waals surface area contributed by atoms with E-state index >= 15 is 0 Å². The van der Waals surface area contributed by atoms with Crippen LogP contribution in [0, 0.1) is 11.8 Å². The van der Waals surface area contributed by atoms with Crippen LogP contribution in [0.3, 0.4) is 0 Å². The summed E-state index contributed by atoms with van der Waals surface area (Å²) in [4.78, 5) is 10.8. The summed E-state index contributed by atoms with van der Waals surface area (Å²) < 4.78 is 0. The van der Waals surface area contributed by atoms with E-state index < -0.39 is 12.2 Å². The maximum Gasteiger partial charge on any atom is 0.129 e. The number of aliphatic hydroxyl groups is 3. The molecule has 0 aromatic heterocycles. The summed E-state index contributed by atoms with van der Waals surface area (Å²) in [7, 11) is 5.34.